The van der Waals surface area contributed by atoms with Crippen molar-refractivity contribution in [1.29, 1.82) is 0 Å². The summed E-state index contributed by atoms with van der Waals surface area (Å²) < 4.78 is 5.35. The summed E-state index contributed by atoms with van der Waals surface area (Å²) in [5, 5.41) is 12.5. The molecule has 2 saturated heterocycles. The number of amides is 2. The average molecular weight is 326 g/mol. The molecular formula is C16H26N2O5. The molecule has 2 fully saturated rings. The first-order chi connectivity index (χ1) is 10.6. The Morgan fingerprint density at radius 3 is 2.30 bits per heavy atom. The fourth-order valence-corrected chi connectivity index (χ4v) is 3.78. The minimum absolute atomic E-state index is 0.157. The Morgan fingerprint density at radius 1 is 1.30 bits per heavy atom. The number of aliphatic carboxylic acids is 1. The van der Waals surface area contributed by atoms with Gasteiger partial charge in [0.1, 0.15) is 5.60 Å². The summed E-state index contributed by atoms with van der Waals surface area (Å²) in [4.78, 5) is 38.0. The molecule has 2 amide bonds. The van der Waals surface area contributed by atoms with Crippen molar-refractivity contribution in [1.82, 2.24) is 10.2 Å². The molecule has 0 aliphatic carbocycles. The predicted octanol–water partition coefficient (Wildman–Crippen LogP) is 1.61. The fourth-order valence-electron chi connectivity index (χ4n) is 3.78. The number of ether oxygens (including phenoxy) is 1. The number of hydrogen-bond donors (Lipinski definition) is 2. The van der Waals surface area contributed by atoms with Crippen molar-refractivity contribution in [3.05, 3.63) is 0 Å². The maximum Gasteiger partial charge on any atom is 0.410 e. The first-order valence-corrected chi connectivity index (χ1v) is 8.08. The van der Waals surface area contributed by atoms with E-state index in [0.717, 1.165) is 0 Å². The lowest BCUT2D eigenvalue weighted by atomic mass is 9.59. The standard InChI is InChI=1S/C16H26N2O5/c1-5-15(12(20)21)10-17-11(19)16(15)6-8-18(9-7-16)13(22)23-14(2,3)4/h5-10H2,1-4H3,(H,17,19)(H,20,21). The van der Waals surface area contributed by atoms with Gasteiger partial charge in [-0.25, -0.2) is 4.79 Å². The van der Waals surface area contributed by atoms with Crippen LogP contribution in [0.15, 0.2) is 0 Å². The second-order valence-corrected chi connectivity index (χ2v) is 7.47. The highest BCUT2D eigenvalue weighted by atomic mass is 16.6. The summed E-state index contributed by atoms with van der Waals surface area (Å²) in [6.45, 7) is 8.02. The molecule has 23 heavy (non-hydrogen) atoms. The lowest BCUT2D eigenvalue weighted by Gasteiger charge is -2.45. The highest BCUT2D eigenvalue weighted by Gasteiger charge is 2.64. The van der Waals surface area contributed by atoms with Gasteiger partial charge in [-0.1, -0.05) is 6.92 Å². The number of carbonyl (C=O) groups is 3. The summed E-state index contributed by atoms with van der Waals surface area (Å²) in [5.74, 6) is -1.14. The van der Waals surface area contributed by atoms with E-state index < -0.39 is 28.5 Å². The molecule has 2 aliphatic heterocycles. The van der Waals surface area contributed by atoms with Gasteiger partial charge in [0, 0.05) is 19.6 Å². The zero-order valence-electron chi connectivity index (χ0n) is 14.3. The largest absolute Gasteiger partial charge is 0.481 e. The molecule has 1 spiro atoms. The van der Waals surface area contributed by atoms with E-state index in [-0.39, 0.29) is 12.5 Å². The SMILES string of the molecule is CCC1(C(=O)O)CNC(=O)C12CCN(C(=O)OC(C)(C)C)CC2. The maximum absolute atomic E-state index is 12.4. The first kappa shape index (κ1) is 17.6. The van der Waals surface area contributed by atoms with E-state index in [0.29, 0.717) is 32.4 Å². The Bertz CT molecular complexity index is 517. The van der Waals surface area contributed by atoms with Crippen LogP contribution in [0.2, 0.25) is 0 Å². The number of carboxylic acids is 1. The maximum atomic E-state index is 12.4. The van der Waals surface area contributed by atoms with Crippen LogP contribution in [0.5, 0.6) is 0 Å². The van der Waals surface area contributed by atoms with Crippen LogP contribution in [0.4, 0.5) is 4.79 Å². The van der Waals surface area contributed by atoms with Crippen molar-refractivity contribution in [2.24, 2.45) is 10.8 Å². The molecule has 2 aliphatic rings. The third-order valence-electron chi connectivity index (χ3n) is 5.18. The van der Waals surface area contributed by atoms with Gasteiger partial charge in [-0.3, -0.25) is 9.59 Å². The number of hydrogen-bond acceptors (Lipinski definition) is 4. The van der Waals surface area contributed by atoms with Crippen molar-refractivity contribution in [2.45, 2.75) is 52.6 Å². The van der Waals surface area contributed by atoms with Crippen molar-refractivity contribution >= 4 is 18.0 Å². The van der Waals surface area contributed by atoms with Crippen LogP contribution in [0.25, 0.3) is 0 Å². The summed E-state index contributed by atoms with van der Waals surface area (Å²) in [6, 6.07) is 0. The van der Waals surface area contributed by atoms with Crippen molar-refractivity contribution in [3.63, 3.8) is 0 Å². The summed E-state index contributed by atoms with van der Waals surface area (Å²) in [7, 11) is 0. The van der Waals surface area contributed by atoms with Crippen molar-refractivity contribution in [3.8, 4) is 0 Å². The minimum Gasteiger partial charge on any atom is -0.481 e. The van der Waals surface area contributed by atoms with Gasteiger partial charge in [-0.15, -0.1) is 0 Å². The van der Waals surface area contributed by atoms with E-state index >= 15 is 0 Å². The Labute approximate surface area is 136 Å². The number of nitrogens with one attached hydrogen (secondary N) is 1. The number of carbonyl (C=O) groups excluding carboxylic acids is 2. The van der Waals surface area contributed by atoms with Crippen LogP contribution >= 0.6 is 0 Å². The molecule has 0 aromatic rings. The lowest BCUT2D eigenvalue weighted by Crippen LogP contribution is -2.55. The highest BCUT2D eigenvalue weighted by molar-refractivity contribution is 5.94. The topological polar surface area (TPSA) is 95.9 Å². The number of carboxylic acid groups (broad SMARTS) is 1. The highest BCUT2D eigenvalue weighted by Crippen LogP contribution is 2.53. The van der Waals surface area contributed by atoms with Gasteiger partial charge in [0.15, 0.2) is 0 Å². The first-order valence-electron chi connectivity index (χ1n) is 8.08. The van der Waals surface area contributed by atoms with Gasteiger partial charge >= 0.3 is 12.1 Å². The van der Waals surface area contributed by atoms with Crippen LogP contribution in [-0.4, -0.2) is 53.2 Å². The Kier molecular flexibility index (Phi) is 4.34. The van der Waals surface area contributed by atoms with Crippen LogP contribution < -0.4 is 5.32 Å². The van der Waals surface area contributed by atoms with E-state index in [2.05, 4.69) is 5.32 Å². The number of nitrogens with zero attached hydrogens (tertiary/aromatic N) is 1. The summed E-state index contributed by atoms with van der Waals surface area (Å²) >= 11 is 0. The molecule has 7 heteroatoms. The number of rotatable bonds is 2. The van der Waals surface area contributed by atoms with E-state index in [1.165, 1.54) is 0 Å². The molecule has 0 aromatic heterocycles. The molecule has 1 atom stereocenters. The monoisotopic (exact) mass is 326 g/mol. The van der Waals surface area contributed by atoms with E-state index in [1.807, 2.05) is 0 Å². The van der Waals surface area contributed by atoms with Crippen LogP contribution in [0.1, 0.15) is 47.0 Å². The van der Waals surface area contributed by atoms with Gasteiger partial charge in [0.05, 0.1) is 10.8 Å². The Balaban J connectivity index is 2.17. The van der Waals surface area contributed by atoms with Crippen LogP contribution in [-0.2, 0) is 14.3 Å². The van der Waals surface area contributed by atoms with Crippen LogP contribution in [0.3, 0.4) is 0 Å². The molecule has 0 radical (unpaired) electrons. The smallest absolute Gasteiger partial charge is 0.410 e. The molecule has 130 valence electrons. The van der Waals surface area contributed by atoms with Gasteiger partial charge in [-0.2, -0.15) is 0 Å². The van der Waals surface area contributed by atoms with Gasteiger partial charge in [0.2, 0.25) is 5.91 Å². The zero-order valence-corrected chi connectivity index (χ0v) is 14.3. The van der Waals surface area contributed by atoms with Crippen molar-refractivity contribution < 1.29 is 24.2 Å². The number of piperidine rings is 1. The summed E-state index contributed by atoms with van der Waals surface area (Å²) in [6.07, 6.45) is 0.660. The van der Waals surface area contributed by atoms with E-state index in [9.17, 15) is 19.5 Å². The lowest BCUT2D eigenvalue weighted by molar-refractivity contribution is -0.162. The molecule has 0 aromatic carbocycles. The molecule has 0 saturated carbocycles. The second kappa shape index (κ2) is 5.69. The normalized spacial score (nSPS) is 27.0. The quantitative estimate of drug-likeness (QED) is 0.804. The molecule has 2 rings (SSSR count). The predicted molar refractivity (Wildman–Crippen MR) is 82.8 cm³/mol. The molecular weight excluding hydrogens is 300 g/mol. The van der Waals surface area contributed by atoms with Gasteiger partial charge in [0.25, 0.3) is 0 Å². The Hall–Kier alpha value is -1.79. The molecule has 2 N–H and O–H groups in total. The third kappa shape index (κ3) is 2.77. The van der Waals surface area contributed by atoms with E-state index in [4.69, 9.17) is 4.74 Å². The van der Waals surface area contributed by atoms with Crippen molar-refractivity contribution in [2.75, 3.05) is 19.6 Å². The molecule has 0 bridgehead atoms. The average Bonchev–Trinajstić information content (AvgIpc) is 2.72. The van der Waals surface area contributed by atoms with Crippen LogP contribution in [0, 0.1) is 10.8 Å². The molecule has 1 unspecified atom stereocenters. The Morgan fingerprint density at radius 2 is 1.87 bits per heavy atom. The van der Waals surface area contributed by atoms with E-state index in [1.54, 1.807) is 32.6 Å². The zero-order chi connectivity index (χ0) is 17.5. The van der Waals surface area contributed by atoms with Gasteiger partial charge in [-0.05, 0) is 40.0 Å². The summed E-state index contributed by atoms with van der Waals surface area (Å²) in [5.41, 5.74) is -2.61. The second-order valence-electron chi connectivity index (χ2n) is 7.47. The van der Waals surface area contributed by atoms with Gasteiger partial charge < -0.3 is 20.1 Å². The fraction of sp³-hybridized carbons (Fsp3) is 0.812. The minimum atomic E-state index is -1.09. The third-order valence-corrected chi connectivity index (χ3v) is 5.18. The number of likely N-dealkylation sites (tertiary alicyclic amines) is 1. The molecule has 2 heterocycles. The molecule has 7 nitrogen and oxygen atoms in total.